The van der Waals surface area contributed by atoms with Crippen LogP contribution < -0.4 is 5.73 Å². The lowest BCUT2D eigenvalue weighted by Gasteiger charge is -2.05. The highest BCUT2D eigenvalue weighted by Gasteiger charge is 1.98. The molecule has 0 radical (unpaired) electrons. The van der Waals surface area contributed by atoms with Crippen LogP contribution in [-0.2, 0) is 15.9 Å². The van der Waals surface area contributed by atoms with Gasteiger partial charge in [0.2, 0.25) is 0 Å². The number of nitrogens with zero attached hydrogens (tertiary/aromatic N) is 1. The van der Waals surface area contributed by atoms with Crippen LogP contribution in [0.4, 0.5) is 5.82 Å². The summed E-state index contributed by atoms with van der Waals surface area (Å²) in [5.74, 6) is 0.595. The minimum Gasteiger partial charge on any atom is -0.385 e. The van der Waals surface area contributed by atoms with Crippen LogP contribution in [0.15, 0.2) is 18.3 Å². The molecule has 1 aromatic heterocycles. The van der Waals surface area contributed by atoms with Crippen LogP contribution in [0.2, 0.25) is 0 Å². The Balaban J connectivity index is 2.12. The molecule has 1 heterocycles. The summed E-state index contributed by atoms with van der Waals surface area (Å²) < 4.78 is 10.3. The highest BCUT2D eigenvalue weighted by Crippen LogP contribution is 2.07. The van der Waals surface area contributed by atoms with E-state index < -0.39 is 0 Å². The second kappa shape index (κ2) is 7.20. The maximum Gasteiger partial charge on any atom is 0.126 e. The Morgan fingerprint density at radius 3 is 2.93 bits per heavy atom. The molecule has 84 valence electrons. The van der Waals surface area contributed by atoms with Crippen molar-refractivity contribution in [2.45, 2.75) is 12.8 Å². The summed E-state index contributed by atoms with van der Waals surface area (Å²) in [6, 6.07) is 3.86. The van der Waals surface area contributed by atoms with Crippen molar-refractivity contribution >= 4 is 5.82 Å². The van der Waals surface area contributed by atoms with E-state index in [-0.39, 0.29) is 0 Å². The fraction of sp³-hybridized carbons (Fsp3) is 0.545. The van der Waals surface area contributed by atoms with E-state index in [0.29, 0.717) is 12.4 Å². The average molecular weight is 210 g/mol. The fourth-order valence-corrected chi connectivity index (χ4v) is 1.25. The largest absolute Gasteiger partial charge is 0.385 e. The molecule has 0 saturated heterocycles. The van der Waals surface area contributed by atoms with Gasteiger partial charge in [0, 0.05) is 26.5 Å². The molecule has 1 aromatic rings. The van der Waals surface area contributed by atoms with Crippen molar-refractivity contribution in [1.29, 1.82) is 0 Å². The number of pyridine rings is 1. The number of hydrogen-bond acceptors (Lipinski definition) is 4. The summed E-state index contributed by atoms with van der Waals surface area (Å²) >= 11 is 0. The molecule has 0 fully saturated rings. The van der Waals surface area contributed by atoms with Gasteiger partial charge in [0.15, 0.2) is 0 Å². The normalized spacial score (nSPS) is 10.5. The van der Waals surface area contributed by atoms with Crippen molar-refractivity contribution in [3.05, 3.63) is 23.9 Å². The second-order valence-corrected chi connectivity index (χ2v) is 3.26. The van der Waals surface area contributed by atoms with Crippen LogP contribution in [0.1, 0.15) is 12.0 Å². The molecular formula is C11H18N2O2. The Hall–Kier alpha value is -1.13. The molecule has 4 heteroatoms. The van der Waals surface area contributed by atoms with Gasteiger partial charge in [0.05, 0.1) is 6.61 Å². The van der Waals surface area contributed by atoms with Gasteiger partial charge in [-0.2, -0.15) is 0 Å². The predicted molar refractivity (Wildman–Crippen MR) is 59.7 cm³/mol. The number of nitrogen functional groups attached to an aromatic ring is 1. The molecule has 0 aliphatic rings. The Bertz CT molecular complexity index is 279. The summed E-state index contributed by atoms with van der Waals surface area (Å²) in [4.78, 5) is 4.01. The second-order valence-electron chi connectivity index (χ2n) is 3.26. The van der Waals surface area contributed by atoms with Gasteiger partial charge >= 0.3 is 0 Å². The topological polar surface area (TPSA) is 57.4 Å². The van der Waals surface area contributed by atoms with Crippen molar-refractivity contribution in [3.8, 4) is 0 Å². The SMILES string of the molecule is COCCCOCCc1cccnc1N. The lowest BCUT2D eigenvalue weighted by molar-refractivity contribution is 0.105. The lowest BCUT2D eigenvalue weighted by Crippen LogP contribution is -2.05. The third-order valence-electron chi connectivity index (χ3n) is 2.08. The fourth-order valence-electron chi connectivity index (χ4n) is 1.25. The number of hydrogen-bond donors (Lipinski definition) is 1. The van der Waals surface area contributed by atoms with Crippen LogP contribution >= 0.6 is 0 Å². The van der Waals surface area contributed by atoms with Gasteiger partial charge < -0.3 is 15.2 Å². The summed E-state index contributed by atoms with van der Waals surface area (Å²) in [7, 11) is 1.69. The van der Waals surface area contributed by atoms with E-state index in [1.54, 1.807) is 13.3 Å². The van der Waals surface area contributed by atoms with Crippen LogP contribution in [0, 0.1) is 0 Å². The molecule has 0 bridgehead atoms. The van der Waals surface area contributed by atoms with Crippen LogP contribution in [0.25, 0.3) is 0 Å². The molecule has 0 atom stereocenters. The van der Waals surface area contributed by atoms with Crippen molar-refractivity contribution < 1.29 is 9.47 Å². The first kappa shape index (κ1) is 11.9. The molecule has 0 aliphatic heterocycles. The van der Waals surface area contributed by atoms with Crippen LogP contribution in [-0.4, -0.2) is 31.9 Å². The number of aromatic nitrogens is 1. The molecule has 0 saturated carbocycles. The minimum absolute atomic E-state index is 0.595. The number of rotatable bonds is 7. The third-order valence-corrected chi connectivity index (χ3v) is 2.08. The summed E-state index contributed by atoms with van der Waals surface area (Å²) in [5, 5.41) is 0. The number of anilines is 1. The summed E-state index contributed by atoms with van der Waals surface area (Å²) in [6.07, 6.45) is 3.43. The van der Waals surface area contributed by atoms with E-state index >= 15 is 0 Å². The zero-order valence-electron chi connectivity index (χ0n) is 9.11. The zero-order valence-corrected chi connectivity index (χ0v) is 9.11. The minimum atomic E-state index is 0.595. The van der Waals surface area contributed by atoms with Gasteiger partial charge in [-0.1, -0.05) is 6.07 Å². The molecule has 1 rings (SSSR count). The molecule has 2 N–H and O–H groups in total. The molecule has 0 amide bonds. The zero-order chi connectivity index (χ0) is 10.9. The Morgan fingerprint density at radius 2 is 2.20 bits per heavy atom. The van der Waals surface area contributed by atoms with Gasteiger partial charge in [0.25, 0.3) is 0 Å². The molecule has 0 spiro atoms. The van der Waals surface area contributed by atoms with Gasteiger partial charge in [-0.05, 0) is 24.5 Å². The molecule has 0 aromatic carbocycles. The van der Waals surface area contributed by atoms with E-state index in [9.17, 15) is 0 Å². The maximum atomic E-state index is 5.70. The highest BCUT2D eigenvalue weighted by atomic mass is 16.5. The van der Waals surface area contributed by atoms with Crippen molar-refractivity contribution in [3.63, 3.8) is 0 Å². The van der Waals surface area contributed by atoms with E-state index in [1.807, 2.05) is 12.1 Å². The first-order chi connectivity index (χ1) is 7.34. The van der Waals surface area contributed by atoms with Gasteiger partial charge in [-0.15, -0.1) is 0 Å². The first-order valence-electron chi connectivity index (χ1n) is 5.10. The van der Waals surface area contributed by atoms with E-state index in [4.69, 9.17) is 15.2 Å². The molecular weight excluding hydrogens is 192 g/mol. The highest BCUT2D eigenvalue weighted by molar-refractivity contribution is 5.38. The van der Waals surface area contributed by atoms with Gasteiger partial charge in [-0.25, -0.2) is 4.98 Å². The quantitative estimate of drug-likeness (QED) is 0.688. The molecule has 15 heavy (non-hydrogen) atoms. The molecule has 0 unspecified atom stereocenters. The van der Waals surface area contributed by atoms with Crippen molar-refractivity contribution in [2.24, 2.45) is 0 Å². The number of methoxy groups -OCH3 is 1. The Morgan fingerprint density at radius 1 is 1.33 bits per heavy atom. The van der Waals surface area contributed by atoms with Gasteiger partial charge in [0.1, 0.15) is 5.82 Å². The maximum absolute atomic E-state index is 5.70. The number of nitrogens with two attached hydrogens (primary N) is 1. The predicted octanol–water partition coefficient (Wildman–Crippen LogP) is 1.26. The third kappa shape index (κ3) is 4.76. The van der Waals surface area contributed by atoms with Crippen molar-refractivity contribution in [2.75, 3.05) is 32.7 Å². The van der Waals surface area contributed by atoms with Crippen LogP contribution in [0.3, 0.4) is 0 Å². The first-order valence-corrected chi connectivity index (χ1v) is 5.10. The standard InChI is InChI=1S/C11H18N2O2/c1-14-7-3-8-15-9-5-10-4-2-6-13-11(10)12/h2,4,6H,3,5,7-9H2,1H3,(H2,12,13). The van der Waals surface area contributed by atoms with Crippen LogP contribution in [0.5, 0.6) is 0 Å². The van der Waals surface area contributed by atoms with E-state index in [1.165, 1.54) is 0 Å². The average Bonchev–Trinajstić information content (AvgIpc) is 2.25. The Labute approximate surface area is 90.4 Å². The summed E-state index contributed by atoms with van der Waals surface area (Å²) in [6.45, 7) is 2.16. The van der Waals surface area contributed by atoms with Gasteiger partial charge in [-0.3, -0.25) is 0 Å². The smallest absolute Gasteiger partial charge is 0.126 e. The monoisotopic (exact) mass is 210 g/mol. The van der Waals surface area contributed by atoms with Crippen molar-refractivity contribution in [1.82, 2.24) is 4.98 Å². The Kier molecular flexibility index (Phi) is 5.73. The molecule has 0 aliphatic carbocycles. The van der Waals surface area contributed by atoms with E-state index in [2.05, 4.69) is 4.98 Å². The van der Waals surface area contributed by atoms with E-state index in [0.717, 1.165) is 31.6 Å². The lowest BCUT2D eigenvalue weighted by atomic mass is 10.2. The number of ether oxygens (including phenoxy) is 2. The molecule has 4 nitrogen and oxygen atoms in total. The summed E-state index contributed by atoms with van der Waals surface area (Å²) in [5.41, 5.74) is 6.74.